The van der Waals surface area contributed by atoms with Crippen molar-refractivity contribution in [2.45, 2.75) is 25.9 Å². The largest absolute Gasteiger partial charge is 0.497 e. The van der Waals surface area contributed by atoms with E-state index in [2.05, 4.69) is 12.2 Å². The van der Waals surface area contributed by atoms with Gasteiger partial charge in [-0.3, -0.25) is 0 Å². The van der Waals surface area contributed by atoms with E-state index in [1.807, 2.05) is 0 Å². The van der Waals surface area contributed by atoms with Gasteiger partial charge in [-0.25, -0.2) is 4.39 Å². The van der Waals surface area contributed by atoms with Gasteiger partial charge < -0.3 is 19.9 Å². The zero-order chi connectivity index (χ0) is 14.1. The Labute approximate surface area is 113 Å². The summed E-state index contributed by atoms with van der Waals surface area (Å²) in [5.74, 6) is 0.192. The molecule has 1 atom stereocenters. The number of halogens is 1. The molecule has 5 heteroatoms. The number of rotatable bonds is 9. The standard InChI is InChI=1S/C14H22FNO3/c1-3-4-7-19-10-11(17)9-16-14-8-12(18-2)5-6-13(14)15/h5-6,8,11,16-17H,3-4,7,9-10H2,1-2H3. The number of aliphatic hydroxyl groups excluding tert-OH is 1. The summed E-state index contributed by atoms with van der Waals surface area (Å²) in [6, 6.07) is 4.43. The number of hydrogen-bond donors (Lipinski definition) is 2. The van der Waals surface area contributed by atoms with Crippen molar-refractivity contribution in [3.63, 3.8) is 0 Å². The molecule has 0 saturated heterocycles. The van der Waals surface area contributed by atoms with E-state index in [4.69, 9.17) is 9.47 Å². The fraction of sp³-hybridized carbons (Fsp3) is 0.571. The summed E-state index contributed by atoms with van der Waals surface area (Å²) < 4.78 is 23.8. The Balaban J connectivity index is 2.34. The van der Waals surface area contributed by atoms with Crippen LogP contribution in [0.1, 0.15) is 19.8 Å². The van der Waals surface area contributed by atoms with Crippen LogP contribution in [-0.4, -0.2) is 38.1 Å². The lowest BCUT2D eigenvalue weighted by Gasteiger charge is -2.14. The molecule has 1 rings (SSSR count). The van der Waals surface area contributed by atoms with Crippen molar-refractivity contribution < 1.29 is 19.0 Å². The van der Waals surface area contributed by atoms with Gasteiger partial charge in [0.15, 0.2) is 0 Å². The molecule has 0 spiro atoms. The van der Waals surface area contributed by atoms with Crippen LogP contribution in [-0.2, 0) is 4.74 Å². The Hall–Kier alpha value is -1.33. The summed E-state index contributed by atoms with van der Waals surface area (Å²) in [6.07, 6.45) is 1.37. The van der Waals surface area contributed by atoms with Gasteiger partial charge in [0.1, 0.15) is 11.6 Å². The highest BCUT2D eigenvalue weighted by Crippen LogP contribution is 2.20. The zero-order valence-corrected chi connectivity index (χ0v) is 11.5. The molecule has 19 heavy (non-hydrogen) atoms. The molecule has 0 aliphatic carbocycles. The van der Waals surface area contributed by atoms with Gasteiger partial charge in [0.05, 0.1) is 25.5 Å². The van der Waals surface area contributed by atoms with Crippen molar-refractivity contribution in [3.8, 4) is 5.75 Å². The number of ether oxygens (including phenoxy) is 2. The molecular formula is C14H22FNO3. The second-order valence-corrected chi connectivity index (χ2v) is 4.31. The van der Waals surface area contributed by atoms with Crippen molar-refractivity contribution in [3.05, 3.63) is 24.0 Å². The maximum atomic E-state index is 13.5. The highest BCUT2D eigenvalue weighted by atomic mass is 19.1. The molecule has 0 fully saturated rings. The second kappa shape index (κ2) is 8.72. The van der Waals surface area contributed by atoms with Crippen LogP contribution in [0.5, 0.6) is 5.75 Å². The van der Waals surface area contributed by atoms with Crippen LogP contribution in [0, 0.1) is 5.82 Å². The first kappa shape index (κ1) is 15.7. The Kier molecular flexibility index (Phi) is 7.22. The van der Waals surface area contributed by atoms with Crippen LogP contribution in [0.15, 0.2) is 18.2 Å². The number of nitrogens with one attached hydrogen (secondary N) is 1. The molecule has 2 N–H and O–H groups in total. The van der Waals surface area contributed by atoms with Crippen molar-refractivity contribution in [2.75, 3.05) is 32.2 Å². The molecule has 0 aliphatic rings. The molecule has 0 aromatic heterocycles. The first-order chi connectivity index (χ1) is 9.17. The molecule has 0 saturated carbocycles. The third kappa shape index (κ3) is 5.89. The van der Waals surface area contributed by atoms with Gasteiger partial charge >= 0.3 is 0 Å². The minimum atomic E-state index is -0.664. The first-order valence-corrected chi connectivity index (χ1v) is 6.50. The maximum absolute atomic E-state index is 13.5. The van der Waals surface area contributed by atoms with Crippen LogP contribution in [0.4, 0.5) is 10.1 Å². The Morgan fingerprint density at radius 3 is 2.89 bits per heavy atom. The average molecular weight is 271 g/mol. The lowest BCUT2D eigenvalue weighted by molar-refractivity contribution is 0.0421. The van der Waals surface area contributed by atoms with E-state index >= 15 is 0 Å². The number of aliphatic hydroxyl groups is 1. The fourth-order valence-corrected chi connectivity index (χ4v) is 1.52. The maximum Gasteiger partial charge on any atom is 0.146 e. The molecule has 0 amide bonds. The van der Waals surface area contributed by atoms with Crippen molar-refractivity contribution in [1.29, 1.82) is 0 Å². The Bertz CT molecular complexity index is 374. The Morgan fingerprint density at radius 2 is 2.21 bits per heavy atom. The van der Waals surface area contributed by atoms with Gasteiger partial charge in [-0.15, -0.1) is 0 Å². The summed E-state index contributed by atoms with van der Waals surface area (Å²) in [7, 11) is 1.52. The topological polar surface area (TPSA) is 50.7 Å². The smallest absolute Gasteiger partial charge is 0.146 e. The van der Waals surface area contributed by atoms with E-state index in [0.717, 1.165) is 12.8 Å². The van der Waals surface area contributed by atoms with E-state index in [9.17, 15) is 9.50 Å². The normalized spacial score (nSPS) is 12.2. The summed E-state index contributed by atoms with van der Waals surface area (Å²) in [4.78, 5) is 0. The lowest BCUT2D eigenvalue weighted by atomic mass is 10.2. The number of unbranched alkanes of at least 4 members (excludes halogenated alkanes) is 1. The van der Waals surface area contributed by atoms with Gasteiger partial charge in [-0.2, -0.15) is 0 Å². The van der Waals surface area contributed by atoms with E-state index < -0.39 is 6.10 Å². The fourth-order valence-electron chi connectivity index (χ4n) is 1.52. The predicted molar refractivity (Wildman–Crippen MR) is 73.2 cm³/mol. The molecule has 1 aromatic rings. The number of benzene rings is 1. The molecule has 1 unspecified atom stereocenters. The van der Waals surface area contributed by atoms with Crippen molar-refractivity contribution >= 4 is 5.69 Å². The van der Waals surface area contributed by atoms with Gasteiger partial charge in [-0.05, 0) is 18.6 Å². The van der Waals surface area contributed by atoms with Gasteiger partial charge in [0.25, 0.3) is 0 Å². The third-order valence-corrected chi connectivity index (χ3v) is 2.65. The summed E-state index contributed by atoms with van der Waals surface area (Å²) >= 11 is 0. The molecule has 0 radical (unpaired) electrons. The number of hydrogen-bond acceptors (Lipinski definition) is 4. The highest BCUT2D eigenvalue weighted by Gasteiger charge is 2.07. The average Bonchev–Trinajstić information content (AvgIpc) is 2.43. The SMILES string of the molecule is CCCCOCC(O)CNc1cc(OC)ccc1F. The third-order valence-electron chi connectivity index (χ3n) is 2.65. The lowest BCUT2D eigenvalue weighted by Crippen LogP contribution is -2.25. The van der Waals surface area contributed by atoms with Gasteiger partial charge in [0, 0.05) is 19.2 Å². The van der Waals surface area contributed by atoms with Crippen LogP contribution < -0.4 is 10.1 Å². The van der Waals surface area contributed by atoms with Crippen molar-refractivity contribution in [1.82, 2.24) is 0 Å². The molecule has 4 nitrogen and oxygen atoms in total. The van der Waals surface area contributed by atoms with E-state index in [-0.39, 0.29) is 19.0 Å². The minimum absolute atomic E-state index is 0.232. The van der Waals surface area contributed by atoms with Crippen molar-refractivity contribution in [2.24, 2.45) is 0 Å². The first-order valence-electron chi connectivity index (χ1n) is 6.50. The highest BCUT2D eigenvalue weighted by molar-refractivity contribution is 5.49. The summed E-state index contributed by atoms with van der Waals surface area (Å²) in [6.45, 7) is 3.20. The van der Waals surface area contributed by atoms with Crippen LogP contribution in [0.25, 0.3) is 0 Å². The quantitative estimate of drug-likeness (QED) is 0.677. The molecule has 0 heterocycles. The molecule has 0 bridgehead atoms. The summed E-state index contributed by atoms with van der Waals surface area (Å²) in [5, 5.41) is 12.5. The number of methoxy groups -OCH3 is 1. The summed E-state index contributed by atoms with van der Waals surface area (Å²) in [5.41, 5.74) is 0.312. The second-order valence-electron chi connectivity index (χ2n) is 4.31. The van der Waals surface area contributed by atoms with Gasteiger partial charge in [-0.1, -0.05) is 13.3 Å². The Morgan fingerprint density at radius 1 is 1.42 bits per heavy atom. The molecular weight excluding hydrogens is 249 g/mol. The van der Waals surface area contributed by atoms with E-state index in [0.29, 0.717) is 18.0 Å². The van der Waals surface area contributed by atoms with Crippen LogP contribution in [0.2, 0.25) is 0 Å². The van der Waals surface area contributed by atoms with E-state index in [1.165, 1.54) is 13.2 Å². The zero-order valence-electron chi connectivity index (χ0n) is 11.5. The molecule has 1 aromatic carbocycles. The van der Waals surface area contributed by atoms with Crippen LogP contribution in [0.3, 0.4) is 0 Å². The molecule has 0 aliphatic heterocycles. The van der Waals surface area contributed by atoms with Gasteiger partial charge in [0.2, 0.25) is 0 Å². The monoisotopic (exact) mass is 271 g/mol. The minimum Gasteiger partial charge on any atom is -0.497 e. The van der Waals surface area contributed by atoms with E-state index in [1.54, 1.807) is 12.1 Å². The number of anilines is 1. The predicted octanol–water partition coefficient (Wildman–Crippen LogP) is 2.42. The van der Waals surface area contributed by atoms with Crippen LogP contribution >= 0.6 is 0 Å². The molecule has 108 valence electrons.